The molecule has 0 fully saturated rings. The predicted octanol–water partition coefficient (Wildman–Crippen LogP) is 3.21. The first-order valence-electron chi connectivity index (χ1n) is 6.15. The highest BCUT2D eigenvalue weighted by Gasteiger charge is 2.17. The molecular formula is C15H14F2N2O. The van der Waals surface area contributed by atoms with Crippen LogP contribution >= 0.6 is 0 Å². The minimum Gasteiger partial charge on any atom is -0.396 e. The molecule has 2 rings (SSSR count). The minimum absolute atomic E-state index is 0.0915. The zero-order chi connectivity index (χ0) is 14.7. The van der Waals surface area contributed by atoms with E-state index in [1.165, 1.54) is 35.2 Å². The number of benzene rings is 2. The van der Waals surface area contributed by atoms with E-state index in [0.29, 0.717) is 12.2 Å². The number of halogens is 2. The van der Waals surface area contributed by atoms with Crippen LogP contribution in [0, 0.1) is 11.6 Å². The highest BCUT2D eigenvalue weighted by molar-refractivity contribution is 6.06. The predicted molar refractivity (Wildman–Crippen MR) is 74.6 cm³/mol. The zero-order valence-electron chi connectivity index (χ0n) is 10.9. The zero-order valence-corrected chi connectivity index (χ0v) is 10.9. The Balaban J connectivity index is 2.36. The number of rotatable bonds is 3. The molecule has 0 aromatic heterocycles. The van der Waals surface area contributed by atoms with E-state index in [1.54, 1.807) is 13.0 Å². The van der Waals surface area contributed by atoms with Crippen molar-refractivity contribution in [2.45, 2.75) is 6.92 Å². The Kier molecular flexibility index (Phi) is 3.98. The molecule has 0 aliphatic rings. The summed E-state index contributed by atoms with van der Waals surface area (Å²) in [5.41, 5.74) is 6.07. The van der Waals surface area contributed by atoms with Crippen LogP contribution in [-0.4, -0.2) is 12.5 Å². The molecule has 0 saturated heterocycles. The molecule has 0 aliphatic heterocycles. The molecular weight excluding hydrogens is 262 g/mol. The Morgan fingerprint density at radius 3 is 2.55 bits per heavy atom. The quantitative estimate of drug-likeness (QED) is 0.875. The summed E-state index contributed by atoms with van der Waals surface area (Å²) in [7, 11) is 0. The van der Waals surface area contributed by atoms with Crippen LogP contribution in [-0.2, 0) is 0 Å². The first-order chi connectivity index (χ1) is 9.52. The molecule has 1 amide bonds. The molecule has 2 N–H and O–H groups in total. The summed E-state index contributed by atoms with van der Waals surface area (Å²) in [6.45, 7) is 2.13. The first kappa shape index (κ1) is 14.0. The molecule has 0 radical (unpaired) electrons. The number of carbonyl (C=O) groups excluding carboxylic acids is 1. The van der Waals surface area contributed by atoms with Crippen molar-refractivity contribution in [2.24, 2.45) is 0 Å². The van der Waals surface area contributed by atoms with E-state index >= 15 is 0 Å². The third-order valence-electron chi connectivity index (χ3n) is 2.92. The van der Waals surface area contributed by atoms with Crippen molar-refractivity contribution in [3.63, 3.8) is 0 Å². The lowest BCUT2D eigenvalue weighted by Gasteiger charge is -2.21. The maximum absolute atomic E-state index is 13.2. The van der Waals surface area contributed by atoms with Gasteiger partial charge in [-0.2, -0.15) is 0 Å². The van der Waals surface area contributed by atoms with Crippen LogP contribution < -0.4 is 10.6 Å². The number of hydrogen-bond acceptors (Lipinski definition) is 2. The van der Waals surface area contributed by atoms with Gasteiger partial charge >= 0.3 is 0 Å². The summed E-state index contributed by atoms with van der Waals surface area (Å²) in [4.78, 5) is 13.8. The molecule has 3 nitrogen and oxygen atoms in total. The average Bonchev–Trinajstić information content (AvgIpc) is 2.42. The highest BCUT2D eigenvalue weighted by Crippen LogP contribution is 2.20. The van der Waals surface area contributed by atoms with Crippen molar-refractivity contribution >= 4 is 17.3 Å². The van der Waals surface area contributed by atoms with E-state index in [2.05, 4.69) is 0 Å². The number of nitrogen functional groups attached to an aromatic ring is 1. The Morgan fingerprint density at radius 2 is 1.95 bits per heavy atom. The average molecular weight is 276 g/mol. The topological polar surface area (TPSA) is 46.3 Å². The SMILES string of the molecule is CCN(C(=O)c1ccc(F)c(N)c1)c1cccc(F)c1. The molecule has 104 valence electrons. The van der Waals surface area contributed by atoms with Gasteiger partial charge in [-0.15, -0.1) is 0 Å². The number of carbonyl (C=O) groups is 1. The number of nitrogens with zero attached hydrogens (tertiary/aromatic N) is 1. The van der Waals surface area contributed by atoms with Crippen molar-refractivity contribution in [1.29, 1.82) is 0 Å². The maximum atomic E-state index is 13.2. The molecule has 0 unspecified atom stereocenters. The van der Waals surface area contributed by atoms with E-state index in [4.69, 9.17) is 5.73 Å². The van der Waals surface area contributed by atoms with Crippen molar-refractivity contribution in [3.05, 3.63) is 59.7 Å². The van der Waals surface area contributed by atoms with E-state index < -0.39 is 11.6 Å². The molecule has 0 atom stereocenters. The van der Waals surface area contributed by atoms with Crippen LogP contribution in [0.2, 0.25) is 0 Å². The first-order valence-corrected chi connectivity index (χ1v) is 6.15. The summed E-state index contributed by atoms with van der Waals surface area (Å²) < 4.78 is 26.4. The molecule has 0 saturated carbocycles. The largest absolute Gasteiger partial charge is 0.396 e. The molecule has 2 aromatic carbocycles. The summed E-state index contributed by atoms with van der Waals surface area (Å²) in [5, 5.41) is 0. The van der Waals surface area contributed by atoms with E-state index in [1.807, 2.05) is 0 Å². The van der Waals surface area contributed by atoms with E-state index in [9.17, 15) is 13.6 Å². The van der Waals surface area contributed by atoms with Gasteiger partial charge in [0.25, 0.3) is 5.91 Å². The molecule has 20 heavy (non-hydrogen) atoms. The maximum Gasteiger partial charge on any atom is 0.258 e. The van der Waals surface area contributed by atoms with Crippen LogP contribution in [0.1, 0.15) is 17.3 Å². The molecule has 0 heterocycles. The van der Waals surface area contributed by atoms with Crippen molar-refractivity contribution in [1.82, 2.24) is 0 Å². The lowest BCUT2D eigenvalue weighted by molar-refractivity contribution is 0.0988. The Labute approximate surface area is 115 Å². The van der Waals surface area contributed by atoms with Crippen LogP contribution in [0.4, 0.5) is 20.2 Å². The van der Waals surface area contributed by atoms with Crippen LogP contribution in [0.5, 0.6) is 0 Å². The standard InChI is InChI=1S/C15H14F2N2O/c1-2-19(12-5-3-4-11(16)9-12)15(20)10-6-7-13(17)14(18)8-10/h3-9H,2,18H2,1H3. The monoisotopic (exact) mass is 276 g/mol. The Bertz CT molecular complexity index is 644. The third kappa shape index (κ3) is 2.77. The van der Waals surface area contributed by atoms with Gasteiger partial charge < -0.3 is 10.6 Å². The van der Waals surface area contributed by atoms with Crippen molar-refractivity contribution in [2.75, 3.05) is 17.2 Å². The number of anilines is 2. The summed E-state index contributed by atoms with van der Waals surface area (Å²) in [6, 6.07) is 9.51. The Hall–Kier alpha value is -2.43. The summed E-state index contributed by atoms with van der Waals surface area (Å²) in [6.07, 6.45) is 0. The molecule has 0 spiro atoms. The van der Waals surface area contributed by atoms with Gasteiger partial charge in [0.15, 0.2) is 0 Å². The van der Waals surface area contributed by atoms with E-state index in [-0.39, 0.29) is 17.2 Å². The fourth-order valence-electron chi connectivity index (χ4n) is 1.92. The van der Waals surface area contributed by atoms with Crippen LogP contribution in [0.3, 0.4) is 0 Å². The second kappa shape index (κ2) is 5.69. The molecule has 0 aliphatic carbocycles. The lowest BCUT2D eigenvalue weighted by Crippen LogP contribution is -2.30. The normalized spacial score (nSPS) is 10.3. The van der Waals surface area contributed by atoms with Gasteiger partial charge in [0.1, 0.15) is 11.6 Å². The fraction of sp³-hybridized carbons (Fsp3) is 0.133. The summed E-state index contributed by atoms with van der Waals surface area (Å²) >= 11 is 0. The highest BCUT2D eigenvalue weighted by atomic mass is 19.1. The van der Waals surface area contributed by atoms with Gasteiger partial charge in [-0.05, 0) is 43.3 Å². The minimum atomic E-state index is -0.574. The lowest BCUT2D eigenvalue weighted by atomic mass is 10.1. The van der Waals surface area contributed by atoms with Gasteiger partial charge in [-0.25, -0.2) is 8.78 Å². The van der Waals surface area contributed by atoms with Gasteiger partial charge in [-0.3, -0.25) is 4.79 Å². The van der Waals surface area contributed by atoms with Crippen LogP contribution in [0.15, 0.2) is 42.5 Å². The van der Waals surface area contributed by atoms with Crippen LogP contribution in [0.25, 0.3) is 0 Å². The summed E-state index contributed by atoms with van der Waals surface area (Å²) in [5.74, 6) is -1.35. The van der Waals surface area contributed by atoms with Crippen molar-refractivity contribution < 1.29 is 13.6 Å². The number of hydrogen-bond donors (Lipinski definition) is 1. The second-order valence-electron chi connectivity index (χ2n) is 4.27. The number of amides is 1. The van der Waals surface area contributed by atoms with Gasteiger partial charge in [-0.1, -0.05) is 6.07 Å². The number of nitrogens with two attached hydrogens (primary N) is 1. The van der Waals surface area contributed by atoms with Gasteiger partial charge in [0.2, 0.25) is 0 Å². The second-order valence-corrected chi connectivity index (χ2v) is 4.27. The van der Waals surface area contributed by atoms with Crippen molar-refractivity contribution in [3.8, 4) is 0 Å². The van der Waals surface area contributed by atoms with Gasteiger partial charge in [0.05, 0.1) is 5.69 Å². The molecule has 5 heteroatoms. The smallest absolute Gasteiger partial charge is 0.258 e. The third-order valence-corrected chi connectivity index (χ3v) is 2.92. The fourth-order valence-corrected chi connectivity index (χ4v) is 1.92. The Morgan fingerprint density at radius 1 is 1.20 bits per heavy atom. The van der Waals surface area contributed by atoms with E-state index in [0.717, 1.165) is 6.07 Å². The molecule has 0 bridgehead atoms. The van der Waals surface area contributed by atoms with Gasteiger partial charge in [0, 0.05) is 17.8 Å². The molecule has 2 aromatic rings.